The predicted octanol–water partition coefficient (Wildman–Crippen LogP) is 11.2. The van der Waals surface area contributed by atoms with Crippen LogP contribution in [0.1, 0.15) is 111 Å². The summed E-state index contributed by atoms with van der Waals surface area (Å²) in [6, 6.07) is 6.47. The van der Waals surface area contributed by atoms with Crippen molar-refractivity contribution in [3.63, 3.8) is 0 Å². The highest BCUT2D eigenvalue weighted by Gasteiger charge is 2.45. The maximum absolute atomic E-state index is 14.2. The van der Waals surface area contributed by atoms with Gasteiger partial charge in [-0.05, 0) is 122 Å². The number of benzene rings is 1. The standard InChI is InChI=1S/C48H63BrCl3N5O10/c1-12-54-37-16-15-31(49)21-34(37)36(22-47(9,10)26-64-41(58)38-14-13-17-55(42(59)66-45(3,4)5)57(38)44(61)67-46(6,7)8)40(54)35-20-30(23-53-39(35)28(2)62-11)29-18-32-24-63-25-33(19-29)56(32)43(60)65-27-48(50,51)52/h15-16,18,20-21,23,28,32-33,38H,12-14,17,19,22,24-27H2,1-11H3/t28-,32?,33?,38-/m0/s1. The van der Waals surface area contributed by atoms with E-state index in [-0.39, 0.29) is 44.9 Å². The second-order valence-corrected chi connectivity index (χ2v) is 23.5. The Morgan fingerprint density at radius 2 is 1.61 bits per heavy atom. The number of fused-ring (bicyclic) bond motifs is 3. The van der Waals surface area contributed by atoms with Gasteiger partial charge in [0.2, 0.25) is 3.79 Å². The highest BCUT2D eigenvalue weighted by atomic mass is 79.9. The summed E-state index contributed by atoms with van der Waals surface area (Å²) < 4.78 is 36.2. The largest absolute Gasteiger partial charge is 0.464 e. The van der Waals surface area contributed by atoms with Crippen molar-refractivity contribution >= 4 is 91.5 Å². The van der Waals surface area contributed by atoms with Gasteiger partial charge < -0.3 is 33.0 Å². The van der Waals surface area contributed by atoms with E-state index in [0.29, 0.717) is 32.4 Å². The fourth-order valence-electron chi connectivity index (χ4n) is 8.77. The van der Waals surface area contributed by atoms with Crippen LogP contribution in [0, 0.1) is 5.41 Å². The van der Waals surface area contributed by atoms with Crippen LogP contribution in [0.2, 0.25) is 0 Å². The molecule has 3 aliphatic rings. The van der Waals surface area contributed by atoms with Crippen LogP contribution in [0.5, 0.6) is 0 Å². The van der Waals surface area contributed by atoms with Crippen molar-refractivity contribution in [3.05, 3.63) is 57.8 Å². The Morgan fingerprint density at radius 3 is 2.24 bits per heavy atom. The number of carbonyl (C=O) groups excluding carboxylic acids is 4. The third-order valence-corrected chi connectivity index (χ3v) is 12.4. The van der Waals surface area contributed by atoms with E-state index in [1.807, 2.05) is 39.1 Å². The number of pyridine rings is 1. The Balaban J connectivity index is 1.36. The average molecular weight is 1060 g/mol. The van der Waals surface area contributed by atoms with Crippen molar-refractivity contribution in [1.82, 2.24) is 24.5 Å². The van der Waals surface area contributed by atoms with E-state index in [1.54, 1.807) is 53.6 Å². The van der Waals surface area contributed by atoms with Crippen molar-refractivity contribution in [1.29, 1.82) is 0 Å². The molecule has 15 nitrogen and oxygen atoms in total. The lowest BCUT2D eigenvalue weighted by Crippen LogP contribution is -2.61. The molecule has 0 saturated carbocycles. The molecule has 0 aliphatic carbocycles. The second-order valence-electron chi connectivity index (χ2n) is 20.0. The molecule has 5 heterocycles. The van der Waals surface area contributed by atoms with Gasteiger partial charge in [0, 0.05) is 52.8 Å². The number of aryl methyl sites for hydroxylation is 1. The number of methoxy groups -OCH3 is 1. The number of hydrogen-bond acceptors (Lipinski definition) is 11. The fraction of sp³-hybridized carbons (Fsp3) is 0.604. The molecule has 0 radical (unpaired) electrons. The quantitative estimate of drug-likeness (QED) is 0.102. The first-order valence-electron chi connectivity index (χ1n) is 22.5. The van der Waals surface area contributed by atoms with Gasteiger partial charge in [0.15, 0.2) is 6.04 Å². The number of esters is 1. The molecule has 19 heteroatoms. The molecule has 2 fully saturated rings. The van der Waals surface area contributed by atoms with E-state index in [9.17, 15) is 19.2 Å². The number of carbonyl (C=O) groups is 4. The van der Waals surface area contributed by atoms with E-state index < -0.39 is 56.7 Å². The average Bonchev–Trinajstić information content (AvgIpc) is 3.52. The maximum Gasteiger partial charge on any atom is 0.430 e. The molecule has 3 amide bonds. The van der Waals surface area contributed by atoms with E-state index in [0.717, 1.165) is 59.0 Å². The number of morpholine rings is 1. The summed E-state index contributed by atoms with van der Waals surface area (Å²) in [5.41, 5.74) is 4.03. The van der Waals surface area contributed by atoms with Gasteiger partial charge in [0.25, 0.3) is 0 Å². The van der Waals surface area contributed by atoms with Gasteiger partial charge in [0.05, 0.1) is 49.4 Å². The molecule has 0 spiro atoms. The highest BCUT2D eigenvalue weighted by molar-refractivity contribution is 9.10. The summed E-state index contributed by atoms with van der Waals surface area (Å²) >= 11 is 21.4. The summed E-state index contributed by atoms with van der Waals surface area (Å²) in [6.07, 6.45) is 2.90. The molecule has 2 bridgehead atoms. The molecule has 2 saturated heterocycles. The van der Waals surface area contributed by atoms with Gasteiger partial charge in [-0.25, -0.2) is 24.2 Å². The van der Waals surface area contributed by atoms with E-state index in [4.69, 9.17) is 68.2 Å². The van der Waals surface area contributed by atoms with Gasteiger partial charge in [-0.1, -0.05) is 70.7 Å². The Labute approximate surface area is 416 Å². The zero-order valence-electron chi connectivity index (χ0n) is 40.2. The molecule has 6 rings (SSSR count). The monoisotopic (exact) mass is 1050 g/mol. The first-order valence-corrected chi connectivity index (χ1v) is 24.5. The summed E-state index contributed by atoms with van der Waals surface area (Å²) in [4.78, 5) is 61.5. The lowest BCUT2D eigenvalue weighted by atomic mass is 9.83. The topological polar surface area (TPSA) is 151 Å². The molecular weight excluding hydrogens is 993 g/mol. The maximum atomic E-state index is 14.2. The lowest BCUT2D eigenvalue weighted by molar-refractivity contribution is -0.164. The minimum atomic E-state index is -1.75. The van der Waals surface area contributed by atoms with Crippen LogP contribution in [0.4, 0.5) is 14.4 Å². The van der Waals surface area contributed by atoms with Crippen LogP contribution >= 0.6 is 50.7 Å². The first kappa shape index (κ1) is 52.6. The van der Waals surface area contributed by atoms with Crippen LogP contribution in [-0.2, 0) is 46.2 Å². The molecule has 0 N–H and O–H groups in total. The van der Waals surface area contributed by atoms with Crippen LogP contribution in [0.25, 0.3) is 27.7 Å². The number of nitrogens with zero attached hydrogens (tertiary/aromatic N) is 5. The van der Waals surface area contributed by atoms with Crippen molar-refractivity contribution in [2.75, 3.05) is 40.1 Å². The summed E-state index contributed by atoms with van der Waals surface area (Å²) in [5, 5.41) is 3.21. The Kier molecular flexibility index (Phi) is 16.2. The number of alkyl halides is 3. The molecule has 67 heavy (non-hydrogen) atoms. The number of halogens is 4. The molecule has 3 aromatic rings. The van der Waals surface area contributed by atoms with Crippen LogP contribution < -0.4 is 0 Å². The third kappa shape index (κ3) is 12.7. The highest BCUT2D eigenvalue weighted by Crippen LogP contribution is 2.43. The zero-order chi connectivity index (χ0) is 49.4. The Bertz CT molecular complexity index is 2370. The Morgan fingerprint density at radius 1 is 0.925 bits per heavy atom. The summed E-state index contributed by atoms with van der Waals surface area (Å²) in [5.74, 6) is -0.660. The molecule has 368 valence electrons. The third-order valence-electron chi connectivity index (χ3n) is 11.6. The smallest absolute Gasteiger partial charge is 0.430 e. The first-order chi connectivity index (χ1) is 31.2. The predicted molar refractivity (Wildman–Crippen MR) is 261 cm³/mol. The molecule has 2 aromatic heterocycles. The number of ether oxygens (including phenoxy) is 6. The molecule has 3 aliphatic heterocycles. The summed E-state index contributed by atoms with van der Waals surface area (Å²) in [7, 11) is 1.65. The van der Waals surface area contributed by atoms with Crippen molar-refractivity contribution in [2.45, 2.75) is 141 Å². The summed E-state index contributed by atoms with van der Waals surface area (Å²) in [6.45, 7) is 19.4. The van der Waals surface area contributed by atoms with Gasteiger partial charge in [-0.15, -0.1) is 0 Å². The minimum Gasteiger partial charge on any atom is -0.464 e. The molecule has 2 unspecified atom stereocenters. The van der Waals surface area contributed by atoms with Gasteiger partial charge >= 0.3 is 24.2 Å². The number of hydrogen-bond donors (Lipinski definition) is 0. The van der Waals surface area contributed by atoms with Crippen LogP contribution in [0.3, 0.4) is 0 Å². The lowest BCUT2D eigenvalue weighted by Gasteiger charge is -2.44. The minimum absolute atomic E-state index is 0.0128. The number of hydrazine groups is 1. The van der Waals surface area contributed by atoms with Gasteiger partial charge in [-0.3, -0.25) is 9.88 Å². The fourth-order valence-corrected chi connectivity index (χ4v) is 9.30. The van der Waals surface area contributed by atoms with Crippen LogP contribution in [0.15, 0.2) is 41.0 Å². The number of rotatable bonds is 11. The zero-order valence-corrected chi connectivity index (χ0v) is 44.0. The van der Waals surface area contributed by atoms with E-state index in [1.165, 1.54) is 0 Å². The van der Waals surface area contributed by atoms with Crippen molar-refractivity contribution in [2.24, 2.45) is 5.41 Å². The molecule has 4 atom stereocenters. The molecular formula is C48H63BrCl3N5O10. The number of aromatic nitrogens is 2. The number of amides is 3. The van der Waals surface area contributed by atoms with Gasteiger partial charge in [-0.2, -0.15) is 5.01 Å². The van der Waals surface area contributed by atoms with E-state index >= 15 is 0 Å². The van der Waals surface area contributed by atoms with Crippen molar-refractivity contribution < 1.29 is 47.6 Å². The molecule has 1 aromatic carbocycles. The Hall–Kier alpha value is -3.80. The van der Waals surface area contributed by atoms with Gasteiger partial charge in [0.1, 0.15) is 17.8 Å². The van der Waals surface area contributed by atoms with Crippen LogP contribution in [-0.4, -0.2) is 122 Å². The van der Waals surface area contributed by atoms with Crippen molar-refractivity contribution in [3.8, 4) is 11.3 Å². The SMILES string of the molecule is CCn1c(-c2cc(C3=CC4COCC(C3)N4C(=O)OCC(Cl)(Cl)Cl)cnc2[C@H](C)OC)c(CC(C)(C)COC(=O)[C@@H]2CCCN(C(=O)OC(C)(C)C)N2C(=O)OC(C)(C)C)c2cc(Br)ccc21. The normalized spacial score (nSPS) is 19.8. The second kappa shape index (κ2) is 20.7. The van der Waals surface area contributed by atoms with E-state index in [2.05, 4.69) is 45.6 Å².